The van der Waals surface area contributed by atoms with E-state index in [1.165, 1.54) is 0 Å². The molecule has 4 aromatic carbocycles. The Kier molecular flexibility index (Phi) is 12.8. The van der Waals surface area contributed by atoms with Crippen LogP contribution in [0.15, 0.2) is 102 Å². The van der Waals surface area contributed by atoms with Crippen molar-refractivity contribution in [3.8, 4) is 11.5 Å². The number of benzene rings is 4. The van der Waals surface area contributed by atoms with Gasteiger partial charge in [0.25, 0.3) is 0 Å². The third-order valence-corrected chi connectivity index (χ3v) is 7.16. The summed E-state index contributed by atoms with van der Waals surface area (Å²) in [4.78, 5) is 16.0. The average Bonchev–Trinajstić information content (AvgIpc) is 3.08. The second kappa shape index (κ2) is 17.5. The van der Waals surface area contributed by atoms with Crippen molar-refractivity contribution in [3.63, 3.8) is 0 Å². The molecule has 0 aliphatic carbocycles. The molecule has 0 aliphatic heterocycles. The fourth-order valence-corrected chi connectivity index (χ4v) is 4.73. The van der Waals surface area contributed by atoms with Gasteiger partial charge in [-0.2, -0.15) is 10.2 Å². The lowest BCUT2D eigenvalue weighted by Crippen LogP contribution is -2.07. The number of carbonyl (C=O) groups excluding carboxylic acids is 1. The van der Waals surface area contributed by atoms with Crippen molar-refractivity contribution in [2.24, 2.45) is 10.2 Å². The lowest BCUT2D eigenvalue weighted by molar-refractivity contribution is -0.270. The molecule has 0 bridgehead atoms. The number of methoxy groups -OCH3 is 1. The first-order chi connectivity index (χ1) is 22.0. The van der Waals surface area contributed by atoms with E-state index in [1.54, 1.807) is 31.7 Å². The summed E-state index contributed by atoms with van der Waals surface area (Å²) in [5, 5.41) is 30.1. The van der Waals surface area contributed by atoms with E-state index in [0.29, 0.717) is 30.1 Å². The molecule has 0 radical (unpaired) electrons. The van der Waals surface area contributed by atoms with Crippen molar-refractivity contribution in [1.82, 2.24) is 0 Å². The first-order valence-corrected chi connectivity index (χ1v) is 14.7. The van der Waals surface area contributed by atoms with Crippen LogP contribution < -0.4 is 9.47 Å². The van der Waals surface area contributed by atoms with Crippen LogP contribution in [0.5, 0.6) is 11.5 Å². The largest absolute Gasteiger partial charge is 0.497 e. The Balaban J connectivity index is 1.35. The van der Waals surface area contributed by atoms with Crippen LogP contribution in [0, 0.1) is 0 Å². The Morgan fingerprint density at radius 2 is 1.47 bits per heavy atom. The average molecular weight is 611 g/mol. The van der Waals surface area contributed by atoms with E-state index in [-0.39, 0.29) is 6.61 Å². The standard InChI is InChI=1S/C36H38N2O7/c1-3-35(40)44-19-7-5-4-6-18-43-34-17-14-31(22-32(34)25-39)36(45-41)30-13-12-28-20-27(8-11-29(28)21-30)24-38-37-23-26-9-15-33(42-2)16-10-26/h3,8-17,20-24,36,39,41H,1,4-7,18-19,25H2,2H3/b37-23+,38-24+. The van der Waals surface area contributed by atoms with Crippen molar-refractivity contribution in [2.75, 3.05) is 20.3 Å². The van der Waals surface area contributed by atoms with Gasteiger partial charge in [0.1, 0.15) is 17.6 Å². The number of hydrogen-bond acceptors (Lipinski definition) is 9. The van der Waals surface area contributed by atoms with Crippen LogP contribution in [-0.4, -0.2) is 49.1 Å². The number of carbonyl (C=O) groups is 1. The van der Waals surface area contributed by atoms with Gasteiger partial charge in [-0.3, -0.25) is 5.26 Å². The molecule has 0 amide bonds. The number of rotatable bonds is 17. The molecule has 1 atom stereocenters. The van der Waals surface area contributed by atoms with Crippen molar-refractivity contribution in [1.29, 1.82) is 0 Å². The van der Waals surface area contributed by atoms with Gasteiger partial charge in [0.2, 0.25) is 0 Å². The Morgan fingerprint density at radius 3 is 2.18 bits per heavy atom. The Bertz CT molecular complexity index is 1620. The summed E-state index contributed by atoms with van der Waals surface area (Å²) in [6.07, 6.45) is 7.22. The zero-order valence-electron chi connectivity index (χ0n) is 25.3. The minimum atomic E-state index is -0.752. The first-order valence-electron chi connectivity index (χ1n) is 14.7. The Labute approximate surface area is 263 Å². The quantitative estimate of drug-likeness (QED) is 0.0329. The van der Waals surface area contributed by atoms with E-state index in [2.05, 4.69) is 16.8 Å². The van der Waals surface area contributed by atoms with Gasteiger partial charge in [-0.05, 0) is 107 Å². The number of aliphatic hydroxyl groups excluding tert-OH is 1. The van der Waals surface area contributed by atoms with Crippen LogP contribution in [0.1, 0.15) is 59.6 Å². The van der Waals surface area contributed by atoms with Crippen molar-refractivity contribution < 1.29 is 34.3 Å². The number of unbranched alkanes of at least 4 members (excludes halogenated alkanes) is 3. The highest BCUT2D eigenvalue weighted by Gasteiger charge is 2.18. The molecule has 0 spiro atoms. The van der Waals surface area contributed by atoms with Gasteiger partial charge >= 0.3 is 5.97 Å². The normalized spacial score (nSPS) is 12.1. The highest BCUT2D eigenvalue weighted by molar-refractivity contribution is 5.91. The van der Waals surface area contributed by atoms with Crippen molar-refractivity contribution >= 4 is 29.2 Å². The minimum Gasteiger partial charge on any atom is -0.497 e. The predicted octanol–water partition coefficient (Wildman–Crippen LogP) is 7.04. The van der Waals surface area contributed by atoms with Gasteiger partial charge < -0.3 is 19.3 Å². The van der Waals surface area contributed by atoms with Gasteiger partial charge in [0.15, 0.2) is 0 Å². The van der Waals surface area contributed by atoms with E-state index in [4.69, 9.17) is 19.1 Å². The number of aliphatic hydroxyl groups is 1. The molecule has 1 unspecified atom stereocenters. The maximum atomic E-state index is 11.1. The fourth-order valence-electron chi connectivity index (χ4n) is 4.73. The maximum absolute atomic E-state index is 11.1. The molecule has 45 heavy (non-hydrogen) atoms. The first kappa shape index (κ1) is 33.1. The summed E-state index contributed by atoms with van der Waals surface area (Å²) in [7, 11) is 1.63. The second-order valence-electron chi connectivity index (χ2n) is 10.3. The number of hydrogen-bond donors (Lipinski definition) is 2. The topological polar surface area (TPSA) is 119 Å². The van der Waals surface area contributed by atoms with E-state index < -0.39 is 12.1 Å². The molecule has 0 heterocycles. The minimum absolute atomic E-state index is 0.220. The monoisotopic (exact) mass is 610 g/mol. The van der Waals surface area contributed by atoms with Crippen LogP contribution in [0.2, 0.25) is 0 Å². The molecular formula is C36H38N2O7. The molecule has 9 nitrogen and oxygen atoms in total. The van der Waals surface area contributed by atoms with Gasteiger partial charge in [-0.1, -0.05) is 36.9 Å². The molecule has 9 heteroatoms. The lowest BCUT2D eigenvalue weighted by Gasteiger charge is -2.18. The third kappa shape index (κ3) is 9.84. The highest BCUT2D eigenvalue weighted by Crippen LogP contribution is 2.31. The van der Waals surface area contributed by atoms with Crippen LogP contribution >= 0.6 is 0 Å². The Morgan fingerprint density at radius 1 is 0.822 bits per heavy atom. The number of fused-ring (bicyclic) bond motifs is 1. The smallest absolute Gasteiger partial charge is 0.330 e. The zero-order valence-corrected chi connectivity index (χ0v) is 25.3. The third-order valence-electron chi connectivity index (χ3n) is 7.16. The lowest BCUT2D eigenvalue weighted by atomic mass is 9.96. The van der Waals surface area contributed by atoms with E-state index >= 15 is 0 Å². The van der Waals surface area contributed by atoms with E-state index in [9.17, 15) is 15.2 Å². The predicted molar refractivity (Wildman–Crippen MR) is 175 cm³/mol. The second-order valence-corrected chi connectivity index (χ2v) is 10.3. The summed E-state index contributed by atoms with van der Waals surface area (Å²) in [6.45, 7) is 4.02. The van der Waals surface area contributed by atoms with Crippen LogP contribution in [0.25, 0.3) is 10.8 Å². The van der Waals surface area contributed by atoms with Gasteiger partial charge in [0.05, 0.1) is 39.4 Å². The van der Waals surface area contributed by atoms with Gasteiger partial charge in [0, 0.05) is 11.6 Å². The molecular weight excluding hydrogens is 572 g/mol. The van der Waals surface area contributed by atoms with Gasteiger partial charge in [-0.15, -0.1) is 0 Å². The molecule has 0 aromatic heterocycles. The highest BCUT2D eigenvalue weighted by atomic mass is 17.1. The number of nitrogens with zero attached hydrogens (tertiary/aromatic N) is 2. The maximum Gasteiger partial charge on any atom is 0.330 e. The molecule has 0 saturated carbocycles. The molecule has 0 fully saturated rings. The summed E-state index contributed by atoms with van der Waals surface area (Å²) in [5.74, 6) is 0.961. The summed E-state index contributed by atoms with van der Waals surface area (Å²) < 4.78 is 16.1. The van der Waals surface area contributed by atoms with Crippen molar-refractivity contribution in [3.05, 3.63) is 119 Å². The fraction of sp³-hybridized carbons (Fsp3) is 0.250. The SMILES string of the molecule is C=CC(=O)OCCCCCCOc1ccc(C(OO)c2ccc3cc(/C=N/N=C/c4ccc(OC)cc4)ccc3c2)cc1CO. The molecule has 4 aromatic rings. The van der Waals surface area contributed by atoms with Crippen molar-refractivity contribution in [2.45, 2.75) is 38.4 Å². The molecule has 0 aliphatic rings. The number of ether oxygens (including phenoxy) is 3. The van der Waals surface area contributed by atoms with Crippen LogP contribution in [0.3, 0.4) is 0 Å². The summed E-state index contributed by atoms with van der Waals surface area (Å²) in [6, 6.07) is 24.7. The number of esters is 1. The van der Waals surface area contributed by atoms with Crippen LogP contribution in [-0.2, 0) is 21.0 Å². The molecule has 4 rings (SSSR count). The van der Waals surface area contributed by atoms with E-state index in [1.807, 2.05) is 66.7 Å². The molecule has 0 saturated heterocycles. The summed E-state index contributed by atoms with van der Waals surface area (Å²) in [5.41, 5.74) is 3.86. The molecule has 234 valence electrons. The van der Waals surface area contributed by atoms with Crippen LogP contribution in [0.4, 0.5) is 0 Å². The Hall–Kier alpha value is -4.83. The van der Waals surface area contributed by atoms with Gasteiger partial charge in [-0.25, -0.2) is 9.68 Å². The zero-order chi connectivity index (χ0) is 31.9. The molecule has 2 N–H and O–H groups in total. The van der Waals surface area contributed by atoms with E-state index in [0.717, 1.165) is 65.0 Å². The summed E-state index contributed by atoms with van der Waals surface area (Å²) >= 11 is 0.